The molecule has 0 aliphatic carbocycles. The molecule has 0 amide bonds. The molecular formula is C6H19BN4O2. The average Bonchev–Trinajstić information content (AvgIpc) is 1.98. The summed E-state index contributed by atoms with van der Waals surface area (Å²) in [6, 6.07) is 0. The van der Waals surface area contributed by atoms with Crippen LogP contribution in [-0.2, 0) is 4.70 Å². The van der Waals surface area contributed by atoms with E-state index in [1.807, 2.05) is 0 Å². The third kappa shape index (κ3) is 24.6. The molecule has 9 N–H and O–H groups in total. The van der Waals surface area contributed by atoms with Gasteiger partial charge in [0.25, 0.3) is 0 Å². The quantitative estimate of drug-likeness (QED) is 0.192. The number of hydrogen-bond donors (Lipinski definition) is 5. The third-order valence-corrected chi connectivity index (χ3v) is 1.31. The van der Waals surface area contributed by atoms with E-state index >= 15 is 0 Å². The van der Waals surface area contributed by atoms with Crippen LogP contribution in [0.2, 0.25) is 0 Å². The van der Waals surface area contributed by atoms with Gasteiger partial charge in [-0.15, -0.1) is 0 Å². The first-order valence-electron chi connectivity index (χ1n) is 4.12. The van der Waals surface area contributed by atoms with Gasteiger partial charge in [0.05, 0.1) is 0 Å². The summed E-state index contributed by atoms with van der Waals surface area (Å²) in [5.41, 5.74) is 21.3. The Balaban J connectivity index is 0. The van der Waals surface area contributed by atoms with Gasteiger partial charge in [-0.3, -0.25) is 0 Å². The standard InChI is InChI=1S/C6H18N4.BHO2/c7-5-3-1-2-4-6(8,9)10;2-1-3/h1-5,7-10H2;2H. The van der Waals surface area contributed by atoms with Gasteiger partial charge >= 0.3 is 17.1 Å². The minimum absolute atomic E-state index is 0.250. The maximum absolute atomic E-state index is 8.36. The molecule has 0 spiro atoms. The molecule has 0 unspecified atom stereocenters. The fraction of sp³-hybridized carbons (Fsp3) is 1.00. The first-order chi connectivity index (χ1) is 5.97. The summed E-state index contributed by atoms with van der Waals surface area (Å²) in [4.78, 5) is 0. The second-order valence-electron chi connectivity index (χ2n) is 2.82. The molecule has 0 aliphatic heterocycles. The number of unbranched alkanes of at least 4 members (excludes halogenated alkanes) is 2. The van der Waals surface area contributed by atoms with Gasteiger partial charge in [-0.1, -0.05) is 6.42 Å². The van der Waals surface area contributed by atoms with Crippen LogP contribution in [0.1, 0.15) is 25.7 Å². The normalized spacial score (nSPS) is 9.85. The van der Waals surface area contributed by atoms with Crippen molar-refractivity contribution in [2.75, 3.05) is 6.54 Å². The number of nitrogens with two attached hydrogens (primary N) is 4. The van der Waals surface area contributed by atoms with Gasteiger partial charge in [-0.05, 0) is 25.8 Å². The molecule has 78 valence electrons. The summed E-state index contributed by atoms with van der Waals surface area (Å²) < 4.78 is 8.36. The molecule has 0 aliphatic rings. The SMILES string of the molecule is NCCCCCC(N)(N)N.O=BO. The Bertz CT molecular complexity index is 118. The van der Waals surface area contributed by atoms with Crippen molar-refractivity contribution in [3.63, 3.8) is 0 Å². The van der Waals surface area contributed by atoms with Crippen LogP contribution in [-0.4, -0.2) is 24.7 Å². The molecule has 0 rings (SSSR count). The summed E-state index contributed by atoms with van der Waals surface area (Å²) in [5, 5.41) is 6.89. The topological polar surface area (TPSA) is 141 Å². The molecule has 0 aromatic carbocycles. The van der Waals surface area contributed by atoms with Gasteiger partial charge in [-0.25, -0.2) is 0 Å². The molecule has 0 bridgehead atoms. The van der Waals surface area contributed by atoms with E-state index in [2.05, 4.69) is 0 Å². The molecule has 0 aromatic heterocycles. The van der Waals surface area contributed by atoms with Gasteiger partial charge < -0.3 is 22.9 Å². The number of hydrogen-bond acceptors (Lipinski definition) is 5. The first-order valence-corrected chi connectivity index (χ1v) is 4.12. The summed E-state index contributed by atoms with van der Waals surface area (Å²) in [6.07, 6.45) is 3.70. The Morgan fingerprint density at radius 3 is 1.92 bits per heavy atom. The maximum atomic E-state index is 8.36. The second kappa shape index (κ2) is 9.59. The van der Waals surface area contributed by atoms with E-state index in [4.69, 9.17) is 32.7 Å². The van der Waals surface area contributed by atoms with Crippen LogP contribution in [0.25, 0.3) is 0 Å². The third-order valence-electron chi connectivity index (χ3n) is 1.31. The molecule has 0 saturated heterocycles. The van der Waals surface area contributed by atoms with Crippen molar-refractivity contribution >= 4 is 7.35 Å². The molecule has 0 heterocycles. The van der Waals surface area contributed by atoms with Crippen LogP contribution >= 0.6 is 0 Å². The Hall–Kier alpha value is -0.495. The van der Waals surface area contributed by atoms with Crippen molar-refractivity contribution in [3.05, 3.63) is 0 Å². The zero-order valence-electron chi connectivity index (χ0n) is 7.78. The minimum atomic E-state index is -0.991. The van der Waals surface area contributed by atoms with Crippen molar-refractivity contribution in [1.82, 2.24) is 0 Å². The van der Waals surface area contributed by atoms with Crippen LogP contribution in [0.3, 0.4) is 0 Å². The number of rotatable bonds is 5. The zero-order chi connectivity index (χ0) is 10.7. The average molecular weight is 190 g/mol. The molecule has 13 heavy (non-hydrogen) atoms. The Labute approximate surface area is 78.9 Å². The van der Waals surface area contributed by atoms with E-state index < -0.39 is 5.79 Å². The fourth-order valence-corrected chi connectivity index (χ4v) is 0.752. The van der Waals surface area contributed by atoms with Crippen LogP contribution in [0.4, 0.5) is 0 Å². The molecule has 0 atom stereocenters. The molecule has 0 radical (unpaired) electrons. The van der Waals surface area contributed by atoms with Crippen LogP contribution in [0, 0.1) is 0 Å². The van der Waals surface area contributed by atoms with Crippen molar-refractivity contribution in [2.45, 2.75) is 31.5 Å². The van der Waals surface area contributed by atoms with E-state index in [0.717, 1.165) is 25.8 Å². The summed E-state index contributed by atoms with van der Waals surface area (Å²) in [6.45, 7) is 0.729. The molecular weight excluding hydrogens is 171 g/mol. The van der Waals surface area contributed by atoms with Gasteiger partial charge in [-0.2, -0.15) is 0 Å². The van der Waals surface area contributed by atoms with Crippen molar-refractivity contribution in [3.8, 4) is 0 Å². The van der Waals surface area contributed by atoms with E-state index in [0.29, 0.717) is 6.42 Å². The van der Waals surface area contributed by atoms with Crippen LogP contribution in [0.5, 0.6) is 0 Å². The van der Waals surface area contributed by atoms with Crippen molar-refractivity contribution in [1.29, 1.82) is 0 Å². The summed E-state index contributed by atoms with van der Waals surface area (Å²) in [5.74, 6) is -0.991. The Morgan fingerprint density at radius 2 is 1.62 bits per heavy atom. The first kappa shape index (κ1) is 15.0. The monoisotopic (exact) mass is 190 g/mol. The fourth-order valence-electron chi connectivity index (χ4n) is 0.752. The van der Waals surface area contributed by atoms with Gasteiger partial charge in [0, 0.05) is 0 Å². The van der Waals surface area contributed by atoms with Crippen LogP contribution in [0.15, 0.2) is 0 Å². The second-order valence-corrected chi connectivity index (χ2v) is 2.82. The summed E-state index contributed by atoms with van der Waals surface area (Å²) >= 11 is 0. The van der Waals surface area contributed by atoms with Gasteiger partial charge in [0.15, 0.2) is 0 Å². The predicted octanol–water partition coefficient (Wildman–Crippen LogP) is -2.02. The van der Waals surface area contributed by atoms with E-state index in [1.54, 1.807) is 0 Å². The Kier molecular flexibility index (Phi) is 11.1. The molecule has 0 saturated carbocycles. The van der Waals surface area contributed by atoms with E-state index in [-0.39, 0.29) is 7.35 Å². The summed E-state index contributed by atoms with van der Waals surface area (Å²) in [7, 11) is -0.250. The van der Waals surface area contributed by atoms with Crippen molar-refractivity contribution in [2.24, 2.45) is 22.9 Å². The zero-order valence-corrected chi connectivity index (χ0v) is 7.78. The Morgan fingerprint density at radius 1 is 1.15 bits per heavy atom. The molecule has 6 nitrogen and oxygen atoms in total. The van der Waals surface area contributed by atoms with E-state index in [9.17, 15) is 0 Å². The molecule has 0 aromatic rings. The van der Waals surface area contributed by atoms with Crippen molar-refractivity contribution < 1.29 is 9.73 Å². The van der Waals surface area contributed by atoms with Crippen LogP contribution < -0.4 is 22.9 Å². The predicted molar refractivity (Wildman–Crippen MR) is 51.5 cm³/mol. The van der Waals surface area contributed by atoms with E-state index in [1.165, 1.54) is 0 Å². The molecule has 7 heteroatoms. The molecule has 0 fully saturated rings. The van der Waals surface area contributed by atoms with Gasteiger partial charge in [0.1, 0.15) is 5.79 Å². The van der Waals surface area contributed by atoms with Gasteiger partial charge in [0.2, 0.25) is 0 Å².